The molecule has 0 unspecified atom stereocenters. The molecule has 0 fully saturated rings. The van der Waals surface area contributed by atoms with Crippen LogP contribution < -0.4 is 4.90 Å². The van der Waals surface area contributed by atoms with Crippen molar-refractivity contribution in [2.45, 2.75) is 26.2 Å². The number of aryl methyl sites for hydroxylation is 2. The Morgan fingerprint density at radius 3 is 3.00 bits per heavy atom. The molecule has 1 aliphatic heterocycles. The first-order valence-electron chi connectivity index (χ1n) is 6.76. The highest BCUT2D eigenvalue weighted by Crippen LogP contribution is 2.29. The highest BCUT2D eigenvalue weighted by molar-refractivity contribution is 6.04. The summed E-state index contributed by atoms with van der Waals surface area (Å²) in [6, 6.07) is 9.85. The zero-order valence-electron chi connectivity index (χ0n) is 11.1. The summed E-state index contributed by atoms with van der Waals surface area (Å²) in [5.41, 5.74) is 3.63. The number of hydrogen-bond donors (Lipinski definition) is 0. The summed E-state index contributed by atoms with van der Waals surface area (Å²) in [4.78, 5) is 14.2. The number of carbonyl (C=O) groups is 1. The molecule has 0 saturated heterocycles. The van der Waals surface area contributed by atoms with Gasteiger partial charge in [-0.15, -0.1) is 0 Å². The standard InChI is InChI=1S/C16H17NO2/c1-2-12-7-8-14-13(11-12)5-3-9-17(14)16(18)15-6-4-10-19-15/h4,6-8,10-11H,2-3,5,9H2,1H3. The Labute approximate surface area is 112 Å². The van der Waals surface area contributed by atoms with Crippen molar-refractivity contribution in [3.8, 4) is 0 Å². The largest absolute Gasteiger partial charge is 0.459 e. The van der Waals surface area contributed by atoms with Crippen molar-refractivity contribution in [1.29, 1.82) is 0 Å². The lowest BCUT2D eigenvalue weighted by atomic mass is 9.98. The highest BCUT2D eigenvalue weighted by atomic mass is 16.3. The summed E-state index contributed by atoms with van der Waals surface area (Å²) in [5.74, 6) is 0.364. The number of anilines is 1. The molecule has 0 aliphatic carbocycles. The molecule has 0 spiro atoms. The quantitative estimate of drug-likeness (QED) is 0.823. The van der Waals surface area contributed by atoms with Crippen molar-refractivity contribution in [3.63, 3.8) is 0 Å². The van der Waals surface area contributed by atoms with Gasteiger partial charge in [0, 0.05) is 12.2 Å². The van der Waals surface area contributed by atoms with Crippen LogP contribution in [0.5, 0.6) is 0 Å². The van der Waals surface area contributed by atoms with Gasteiger partial charge in [0.15, 0.2) is 5.76 Å². The maximum Gasteiger partial charge on any atom is 0.293 e. The maximum atomic E-state index is 12.4. The molecule has 98 valence electrons. The average molecular weight is 255 g/mol. The van der Waals surface area contributed by atoms with E-state index >= 15 is 0 Å². The van der Waals surface area contributed by atoms with Crippen molar-refractivity contribution in [2.75, 3.05) is 11.4 Å². The number of rotatable bonds is 2. The molecular weight excluding hydrogens is 238 g/mol. The predicted molar refractivity (Wildman–Crippen MR) is 74.5 cm³/mol. The second kappa shape index (κ2) is 4.92. The minimum Gasteiger partial charge on any atom is -0.459 e. The fraction of sp³-hybridized carbons (Fsp3) is 0.312. The van der Waals surface area contributed by atoms with E-state index in [1.807, 2.05) is 4.90 Å². The highest BCUT2D eigenvalue weighted by Gasteiger charge is 2.25. The minimum atomic E-state index is -0.0461. The van der Waals surface area contributed by atoms with Crippen LogP contribution in [0.4, 0.5) is 5.69 Å². The third-order valence-electron chi connectivity index (χ3n) is 3.65. The molecule has 1 aromatic carbocycles. The van der Waals surface area contributed by atoms with Crippen LogP contribution >= 0.6 is 0 Å². The lowest BCUT2D eigenvalue weighted by molar-refractivity contribution is 0.0958. The molecule has 19 heavy (non-hydrogen) atoms. The van der Waals surface area contributed by atoms with Gasteiger partial charge in [0.05, 0.1) is 6.26 Å². The van der Waals surface area contributed by atoms with E-state index in [1.165, 1.54) is 17.4 Å². The zero-order valence-corrected chi connectivity index (χ0v) is 11.1. The first kappa shape index (κ1) is 12.0. The number of hydrogen-bond acceptors (Lipinski definition) is 2. The van der Waals surface area contributed by atoms with Crippen molar-refractivity contribution in [1.82, 2.24) is 0 Å². The second-order valence-electron chi connectivity index (χ2n) is 4.85. The van der Waals surface area contributed by atoms with Crippen LogP contribution in [0.1, 0.15) is 35.0 Å². The average Bonchev–Trinajstić information content (AvgIpc) is 2.99. The molecular formula is C16H17NO2. The predicted octanol–water partition coefficient (Wildman–Crippen LogP) is 3.44. The van der Waals surface area contributed by atoms with Crippen LogP contribution in [0.3, 0.4) is 0 Å². The van der Waals surface area contributed by atoms with Crippen LogP contribution in [-0.2, 0) is 12.8 Å². The summed E-state index contributed by atoms with van der Waals surface area (Å²) >= 11 is 0. The molecule has 2 aromatic rings. The Balaban J connectivity index is 1.96. The molecule has 0 N–H and O–H groups in total. The summed E-state index contributed by atoms with van der Waals surface area (Å²) in [5, 5.41) is 0. The van der Waals surface area contributed by atoms with Gasteiger partial charge in [0.25, 0.3) is 5.91 Å². The van der Waals surface area contributed by atoms with Gasteiger partial charge in [0.1, 0.15) is 0 Å². The zero-order chi connectivity index (χ0) is 13.2. The van der Waals surface area contributed by atoms with E-state index < -0.39 is 0 Å². The lowest BCUT2D eigenvalue weighted by Crippen LogP contribution is -2.35. The van der Waals surface area contributed by atoms with Gasteiger partial charge in [-0.2, -0.15) is 0 Å². The molecule has 0 radical (unpaired) electrons. The number of amides is 1. The third-order valence-corrected chi connectivity index (χ3v) is 3.65. The van der Waals surface area contributed by atoms with Crippen LogP contribution in [0, 0.1) is 0 Å². The Morgan fingerprint density at radius 2 is 2.26 bits per heavy atom. The molecule has 1 amide bonds. The van der Waals surface area contributed by atoms with Gasteiger partial charge in [0.2, 0.25) is 0 Å². The fourth-order valence-corrected chi connectivity index (χ4v) is 2.61. The second-order valence-corrected chi connectivity index (χ2v) is 4.85. The van der Waals surface area contributed by atoms with Crippen LogP contribution in [0.15, 0.2) is 41.0 Å². The number of nitrogens with zero attached hydrogens (tertiary/aromatic N) is 1. The molecule has 0 bridgehead atoms. The van der Waals surface area contributed by atoms with Crippen molar-refractivity contribution in [2.24, 2.45) is 0 Å². The Morgan fingerprint density at radius 1 is 1.37 bits per heavy atom. The van der Waals surface area contributed by atoms with E-state index in [1.54, 1.807) is 12.1 Å². The number of carbonyl (C=O) groups excluding carboxylic acids is 1. The Bertz CT molecular complexity index is 587. The molecule has 0 atom stereocenters. The minimum absolute atomic E-state index is 0.0461. The van der Waals surface area contributed by atoms with E-state index in [0.717, 1.165) is 31.5 Å². The van der Waals surface area contributed by atoms with Crippen molar-refractivity contribution >= 4 is 11.6 Å². The first-order valence-corrected chi connectivity index (χ1v) is 6.76. The number of furan rings is 1. The summed E-state index contributed by atoms with van der Waals surface area (Å²) in [7, 11) is 0. The molecule has 1 aliphatic rings. The summed E-state index contributed by atoms with van der Waals surface area (Å²) in [6.07, 6.45) is 4.62. The van der Waals surface area contributed by atoms with Crippen molar-refractivity contribution in [3.05, 3.63) is 53.5 Å². The molecule has 3 nitrogen and oxygen atoms in total. The number of benzene rings is 1. The maximum absolute atomic E-state index is 12.4. The monoisotopic (exact) mass is 255 g/mol. The summed E-state index contributed by atoms with van der Waals surface area (Å²) in [6.45, 7) is 2.91. The lowest BCUT2D eigenvalue weighted by Gasteiger charge is -2.29. The van der Waals surface area contributed by atoms with Gasteiger partial charge in [-0.1, -0.05) is 19.1 Å². The van der Waals surface area contributed by atoms with Gasteiger partial charge < -0.3 is 9.32 Å². The van der Waals surface area contributed by atoms with Crippen LogP contribution in [0.2, 0.25) is 0 Å². The molecule has 3 rings (SSSR count). The topological polar surface area (TPSA) is 33.5 Å². The van der Waals surface area contributed by atoms with E-state index in [2.05, 4.69) is 25.1 Å². The molecule has 1 aromatic heterocycles. The third kappa shape index (κ3) is 2.16. The van der Waals surface area contributed by atoms with E-state index in [-0.39, 0.29) is 5.91 Å². The first-order chi connectivity index (χ1) is 9.29. The van der Waals surface area contributed by atoms with Gasteiger partial charge in [-0.05, 0) is 48.6 Å². The number of fused-ring (bicyclic) bond motifs is 1. The molecule has 3 heteroatoms. The fourth-order valence-electron chi connectivity index (χ4n) is 2.61. The Kier molecular flexibility index (Phi) is 3.11. The van der Waals surface area contributed by atoms with E-state index in [0.29, 0.717) is 5.76 Å². The SMILES string of the molecule is CCc1ccc2c(c1)CCCN2C(=O)c1ccco1. The van der Waals surface area contributed by atoms with E-state index in [4.69, 9.17) is 4.42 Å². The van der Waals surface area contributed by atoms with Crippen LogP contribution in [-0.4, -0.2) is 12.5 Å². The smallest absolute Gasteiger partial charge is 0.293 e. The van der Waals surface area contributed by atoms with Crippen LogP contribution in [0.25, 0.3) is 0 Å². The van der Waals surface area contributed by atoms with Gasteiger partial charge in [-0.25, -0.2) is 0 Å². The van der Waals surface area contributed by atoms with Gasteiger partial charge >= 0.3 is 0 Å². The van der Waals surface area contributed by atoms with Gasteiger partial charge in [-0.3, -0.25) is 4.79 Å². The summed E-state index contributed by atoms with van der Waals surface area (Å²) < 4.78 is 5.22. The van der Waals surface area contributed by atoms with Crippen molar-refractivity contribution < 1.29 is 9.21 Å². The normalized spacial score (nSPS) is 14.3. The molecule has 2 heterocycles. The Hall–Kier alpha value is -2.03. The van der Waals surface area contributed by atoms with E-state index in [9.17, 15) is 4.79 Å². The molecule has 0 saturated carbocycles.